The van der Waals surface area contributed by atoms with Crippen molar-refractivity contribution in [3.8, 4) is 0 Å². The summed E-state index contributed by atoms with van der Waals surface area (Å²) < 4.78 is 0. The Bertz CT molecular complexity index is 350. The van der Waals surface area contributed by atoms with E-state index in [0.29, 0.717) is 12.6 Å². The van der Waals surface area contributed by atoms with Crippen molar-refractivity contribution in [2.24, 2.45) is 0 Å². The molecule has 4 heteroatoms. The first-order chi connectivity index (χ1) is 7.02. The molecule has 0 radical (unpaired) electrons. The van der Waals surface area contributed by atoms with E-state index < -0.39 is 5.97 Å². The lowest BCUT2D eigenvalue weighted by molar-refractivity contribution is 0.0687. The monoisotopic (exact) mass is 208 g/mol. The zero-order valence-electron chi connectivity index (χ0n) is 9.27. The van der Waals surface area contributed by atoms with Gasteiger partial charge in [0.15, 0.2) is 5.69 Å². The molecule has 1 aromatic rings. The van der Waals surface area contributed by atoms with Crippen LogP contribution in [0.3, 0.4) is 0 Å². The molecule has 0 spiro atoms. The van der Waals surface area contributed by atoms with Gasteiger partial charge in [-0.1, -0.05) is 6.07 Å². The molecule has 0 amide bonds. The van der Waals surface area contributed by atoms with E-state index in [1.807, 2.05) is 7.05 Å². The van der Waals surface area contributed by atoms with Crippen LogP contribution in [0.15, 0.2) is 18.3 Å². The van der Waals surface area contributed by atoms with E-state index in [1.165, 1.54) is 6.20 Å². The van der Waals surface area contributed by atoms with Crippen LogP contribution < -0.4 is 0 Å². The summed E-state index contributed by atoms with van der Waals surface area (Å²) in [5, 5.41) is 8.94. The van der Waals surface area contributed by atoms with Gasteiger partial charge in [0.1, 0.15) is 0 Å². The Morgan fingerprint density at radius 1 is 1.60 bits per heavy atom. The fourth-order valence-electron chi connectivity index (χ4n) is 1.21. The number of rotatable bonds is 4. The number of hydrogen-bond acceptors (Lipinski definition) is 3. The van der Waals surface area contributed by atoms with Crippen LogP contribution in [0.5, 0.6) is 0 Å². The van der Waals surface area contributed by atoms with E-state index in [4.69, 9.17) is 5.11 Å². The number of hydrogen-bond donors (Lipinski definition) is 1. The molecule has 0 unspecified atom stereocenters. The fraction of sp³-hybridized carbons (Fsp3) is 0.455. The average molecular weight is 208 g/mol. The Balaban J connectivity index is 2.89. The summed E-state index contributed by atoms with van der Waals surface area (Å²) in [6.07, 6.45) is 1.50. The lowest BCUT2D eigenvalue weighted by atomic mass is 10.1. The van der Waals surface area contributed by atoms with Gasteiger partial charge in [-0.3, -0.25) is 4.90 Å². The minimum atomic E-state index is -0.970. The van der Waals surface area contributed by atoms with Gasteiger partial charge in [-0.15, -0.1) is 0 Å². The number of aromatic nitrogens is 1. The standard InChI is InChI=1S/C11H16N2O2/c1-8(2)13(3)7-9-5-4-6-12-10(9)11(14)15/h4-6,8H,7H2,1-3H3,(H,14,15). The molecule has 0 bridgehead atoms. The highest BCUT2D eigenvalue weighted by atomic mass is 16.4. The molecule has 0 aliphatic rings. The van der Waals surface area contributed by atoms with Crippen molar-refractivity contribution in [3.63, 3.8) is 0 Å². The van der Waals surface area contributed by atoms with E-state index >= 15 is 0 Å². The zero-order chi connectivity index (χ0) is 11.4. The molecule has 1 aromatic heterocycles. The van der Waals surface area contributed by atoms with Crippen LogP contribution in [0.25, 0.3) is 0 Å². The zero-order valence-corrected chi connectivity index (χ0v) is 9.27. The quantitative estimate of drug-likeness (QED) is 0.817. The van der Waals surface area contributed by atoms with Gasteiger partial charge in [0.2, 0.25) is 0 Å². The first kappa shape index (κ1) is 11.7. The van der Waals surface area contributed by atoms with Crippen LogP contribution in [0.2, 0.25) is 0 Å². The van der Waals surface area contributed by atoms with Crippen LogP contribution in [0.4, 0.5) is 0 Å². The maximum absolute atomic E-state index is 10.9. The average Bonchev–Trinajstić information content (AvgIpc) is 2.18. The van der Waals surface area contributed by atoms with Crippen LogP contribution in [0.1, 0.15) is 29.9 Å². The summed E-state index contributed by atoms with van der Waals surface area (Å²) in [5.41, 5.74) is 0.895. The van der Waals surface area contributed by atoms with Crippen LogP contribution in [0, 0.1) is 0 Å². The van der Waals surface area contributed by atoms with Gasteiger partial charge in [0.25, 0.3) is 0 Å². The summed E-state index contributed by atoms with van der Waals surface area (Å²) in [7, 11) is 1.96. The minimum absolute atomic E-state index is 0.144. The Kier molecular flexibility index (Phi) is 3.80. The van der Waals surface area contributed by atoms with Gasteiger partial charge in [-0.2, -0.15) is 0 Å². The maximum Gasteiger partial charge on any atom is 0.354 e. The molecule has 1 N–H and O–H groups in total. The van der Waals surface area contributed by atoms with Crippen molar-refractivity contribution < 1.29 is 9.90 Å². The first-order valence-corrected chi connectivity index (χ1v) is 4.89. The van der Waals surface area contributed by atoms with E-state index in [-0.39, 0.29) is 5.69 Å². The number of carbonyl (C=O) groups is 1. The Labute approximate surface area is 89.6 Å². The van der Waals surface area contributed by atoms with Crippen LogP contribution >= 0.6 is 0 Å². The number of pyridine rings is 1. The number of carboxylic acids is 1. The van der Waals surface area contributed by atoms with Crippen LogP contribution in [-0.2, 0) is 6.54 Å². The molecule has 1 rings (SSSR count). The van der Waals surface area contributed by atoms with Crippen molar-refractivity contribution >= 4 is 5.97 Å². The number of aromatic carboxylic acids is 1. The molecule has 0 aromatic carbocycles. The van der Waals surface area contributed by atoms with E-state index in [9.17, 15) is 4.79 Å². The summed E-state index contributed by atoms with van der Waals surface area (Å²) >= 11 is 0. The van der Waals surface area contributed by atoms with Gasteiger partial charge in [0, 0.05) is 18.8 Å². The molecule has 15 heavy (non-hydrogen) atoms. The normalized spacial score (nSPS) is 11.0. The molecule has 0 atom stereocenters. The van der Waals surface area contributed by atoms with Crippen LogP contribution in [-0.4, -0.2) is 34.0 Å². The molecule has 0 saturated heterocycles. The molecular weight excluding hydrogens is 192 g/mol. The summed E-state index contributed by atoms with van der Waals surface area (Å²) in [4.78, 5) is 16.8. The molecule has 0 aliphatic carbocycles. The molecular formula is C11H16N2O2. The predicted molar refractivity (Wildman–Crippen MR) is 57.8 cm³/mol. The smallest absolute Gasteiger partial charge is 0.354 e. The maximum atomic E-state index is 10.9. The third kappa shape index (κ3) is 3.02. The van der Waals surface area contributed by atoms with Crippen molar-refractivity contribution in [2.45, 2.75) is 26.4 Å². The van der Waals surface area contributed by atoms with Crippen molar-refractivity contribution in [2.75, 3.05) is 7.05 Å². The SMILES string of the molecule is CC(C)N(C)Cc1cccnc1C(=O)O. The third-order valence-electron chi connectivity index (χ3n) is 2.40. The molecule has 82 valence electrons. The Morgan fingerprint density at radius 3 is 2.80 bits per heavy atom. The molecule has 4 nitrogen and oxygen atoms in total. The number of carboxylic acid groups (broad SMARTS) is 1. The Hall–Kier alpha value is -1.42. The first-order valence-electron chi connectivity index (χ1n) is 4.89. The van der Waals surface area contributed by atoms with Gasteiger partial charge < -0.3 is 5.11 Å². The summed E-state index contributed by atoms with van der Waals surface area (Å²) in [6, 6.07) is 3.94. The molecule has 0 aliphatic heterocycles. The second-order valence-corrected chi connectivity index (χ2v) is 3.83. The second-order valence-electron chi connectivity index (χ2n) is 3.83. The van der Waals surface area contributed by atoms with Gasteiger partial charge in [-0.05, 0) is 32.5 Å². The lowest BCUT2D eigenvalue weighted by Gasteiger charge is -2.21. The van der Waals surface area contributed by atoms with Crippen molar-refractivity contribution in [1.82, 2.24) is 9.88 Å². The van der Waals surface area contributed by atoms with E-state index in [1.54, 1.807) is 12.1 Å². The summed E-state index contributed by atoms with van der Waals surface area (Å²) in [5.74, 6) is -0.970. The highest BCUT2D eigenvalue weighted by Crippen LogP contribution is 2.09. The van der Waals surface area contributed by atoms with E-state index in [2.05, 4.69) is 23.7 Å². The van der Waals surface area contributed by atoms with Crippen molar-refractivity contribution in [1.29, 1.82) is 0 Å². The van der Waals surface area contributed by atoms with Crippen molar-refractivity contribution in [3.05, 3.63) is 29.6 Å². The number of nitrogens with zero attached hydrogens (tertiary/aromatic N) is 2. The minimum Gasteiger partial charge on any atom is -0.477 e. The lowest BCUT2D eigenvalue weighted by Crippen LogP contribution is -2.26. The predicted octanol–water partition coefficient (Wildman–Crippen LogP) is 1.62. The Morgan fingerprint density at radius 2 is 2.27 bits per heavy atom. The van der Waals surface area contributed by atoms with E-state index in [0.717, 1.165) is 5.56 Å². The molecule has 1 heterocycles. The largest absolute Gasteiger partial charge is 0.477 e. The highest BCUT2D eigenvalue weighted by molar-refractivity contribution is 5.86. The topological polar surface area (TPSA) is 53.4 Å². The second kappa shape index (κ2) is 4.89. The highest BCUT2D eigenvalue weighted by Gasteiger charge is 2.13. The fourth-order valence-corrected chi connectivity index (χ4v) is 1.21. The summed E-state index contributed by atoms with van der Waals surface area (Å²) in [6.45, 7) is 4.74. The van der Waals surface area contributed by atoms with Gasteiger partial charge in [-0.25, -0.2) is 9.78 Å². The van der Waals surface area contributed by atoms with Gasteiger partial charge >= 0.3 is 5.97 Å². The third-order valence-corrected chi connectivity index (χ3v) is 2.40. The molecule has 0 fully saturated rings. The molecule has 0 saturated carbocycles. The van der Waals surface area contributed by atoms with Gasteiger partial charge in [0.05, 0.1) is 0 Å².